The molecule has 1 aromatic heterocycles. The first-order valence-corrected chi connectivity index (χ1v) is 10.7. The molecule has 1 aromatic carbocycles. The molecule has 2 heterocycles. The summed E-state index contributed by atoms with van der Waals surface area (Å²) in [6.45, 7) is -0.145. The zero-order chi connectivity index (χ0) is 21.7. The van der Waals surface area contributed by atoms with Gasteiger partial charge in [-0.25, -0.2) is 13.4 Å². The molecule has 0 saturated carbocycles. The lowest BCUT2D eigenvalue weighted by atomic mass is 10.4. The third kappa shape index (κ3) is 4.69. The average Bonchev–Trinajstić information content (AvgIpc) is 3.44. The molecular formula is C19H22N4O6S. The van der Waals surface area contributed by atoms with Crippen LogP contribution < -0.4 is 5.32 Å². The van der Waals surface area contributed by atoms with Gasteiger partial charge in [0.05, 0.1) is 24.2 Å². The molecule has 160 valence electrons. The predicted octanol–water partition coefficient (Wildman–Crippen LogP) is 0.306. The highest BCUT2D eigenvalue weighted by atomic mass is 32.2. The molecular weight excluding hydrogens is 412 g/mol. The molecule has 11 heteroatoms. The van der Waals surface area contributed by atoms with Crippen molar-refractivity contribution in [2.45, 2.75) is 11.3 Å². The molecule has 1 aliphatic rings. The van der Waals surface area contributed by atoms with Crippen LogP contribution in [-0.2, 0) is 19.6 Å². The standard InChI is InChI=1S/C19H22N4O6S/c1-21(30(27,28)15-7-3-2-4-8-15)14-18(25)23-11-6-10-22(23)17(24)13-20-19(26)16-9-5-12-29-16/h2-5,7-9,12H,6,10-11,13-14H2,1H3,(H,20,26). The van der Waals surface area contributed by atoms with E-state index < -0.39 is 34.3 Å². The van der Waals surface area contributed by atoms with E-state index in [4.69, 9.17) is 4.42 Å². The molecule has 3 rings (SSSR count). The Morgan fingerprint density at radius 2 is 1.70 bits per heavy atom. The lowest BCUT2D eigenvalue weighted by Crippen LogP contribution is -2.51. The summed E-state index contributed by atoms with van der Waals surface area (Å²) in [5.41, 5.74) is 0. The van der Waals surface area contributed by atoms with Crippen molar-refractivity contribution >= 4 is 27.7 Å². The van der Waals surface area contributed by atoms with Crippen LogP contribution in [0.25, 0.3) is 0 Å². The number of furan rings is 1. The van der Waals surface area contributed by atoms with Crippen LogP contribution in [0.5, 0.6) is 0 Å². The van der Waals surface area contributed by atoms with Crippen molar-refractivity contribution in [1.82, 2.24) is 19.6 Å². The highest BCUT2D eigenvalue weighted by Gasteiger charge is 2.33. The van der Waals surface area contributed by atoms with Crippen LogP contribution in [0.3, 0.4) is 0 Å². The topological polar surface area (TPSA) is 120 Å². The third-order valence-electron chi connectivity index (χ3n) is 4.56. The molecule has 0 spiro atoms. The molecule has 10 nitrogen and oxygen atoms in total. The van der Waals surface area contributed by atoms with Gasteiger partial charge in [-0.3, -0.25) is 19.4 Å². The number of nitrogens with zero attached hydrogens (tertiary/aromatic N) is 3. The molecule has 3 amide bonds. The van der Waals surface area contributed by atoms with Crippen LogP contribution in [0.15, 0.2) is 58.0 Å². The van der Waals surface area contributed by atoms with Crippen molar-refractivity contribution in [2.24, 2.45) is 0 Å². The fourth-order valence-corrected chi connectivity index (χ4v) is 4.14. The smallest absolute Gasteiger partial charge is 0.287 e. The summed E-state index contributed by atoms with van der Waals surface area (Å²) in [6.07, 6.45) is 1.90. The number of hydrogen-bond donors (Lipinski definition) is 1. The van der Waals surface area contributed by atoms with E-state index in [1.54, 1.807) is 24.3 Å². The summed E-state index contributed by atoms with van der Waals surface area (Å²) in [7, 11) is -2.52. The summed E-state index contributed by atoms with van der Waals surface area (Å²) in [5, 5.41) is 4.89. The summed E-state index contributed by atoms with van der Waals surface area (Å²) < 4.78 is 31.1. The van der Waals surface area contributed by atoms with Gasteiger partial charge in [-0.2, -0.15) is 4.31 Å². The van der Waals surface area contributed by atoms with E-state index in [2.05, 4.69) is 5.32 Å². The zero-order valence-corrected chi connectivity index (χ0v) is 17.2. The van der Waals surface area contributed by atoms with Gasteiger partial charge in [0.25, 0.3) is 17.7 Å². The number of carbonyl (C=O) groups excluding carboxylic acids is 3. The third-order valence-corrected chi connectivity index (χ3v) is 6.38. The van der Waals surface area contributed by atoms with Crippen molar-refractivity contribution in [1.29, 1.82) is 0 Å². The summed E-state index contributed by atoms with van der Waals surface area (Å²) in [4.78, 5) is 37.2. The number of benzene rings is 1. The second-order valence-electron chi connectivity index (χ2n) is 6.62. The molecule has 1 fully saturated rings. The Morgan fingerprint density at radius 3 is 2.33 bits per heavy atom. The Kier molecular flexibility index (Phi) is 6.53. The van der Waals surface area contributed by atoms with Crippen LogP contribution in [0.4, 0.5) is 0 Å². The van der Waals surface area contributed by atoms with Crippen molar-refractivity contribution in [3.05, 3.63) is 54.5 Å². The normalized spacial score (nSPS) is 14.2. The number of likely N-dealkylation sites (N-methyl/N-ethyl adjacent to an activating group) is 1. The lowest BCUT2D eigenvalue weighted by molar-refractivity contribution is -0.157. The summed E-state index contributed by atoms with van der Waals surface area (Å²) >= 11 is 0. The molecule has 2 aromatic rings. The molecule has 0 bridgehead atoms. The van der Waals surface area contributed by atoms with Gasteiger partial charge in [-0.15, -0.1) is 0 Å². The van der Waals surface area contributed by atoms with E-state index in [1.165, 1.54) is 41.5 Å². The first-order valence-electron chi connectivity index (χ1n) is 9.24. The molecule has 0 atom stereocenters. The Labute approximate surface area is 174 Å². The van der Waals surface area contributed by atoms with Gasteiger partial charge in [0.15, 0.2) is 5.76 Å². The van der Waals surface area contributed by atoms with Gasteiger partial charge in [0, 0.05) is 20.1 Å². The fraction of sp³-hybridized carbons (Fsp3) is 0.316. The highest BCUT2D eigenvalue weighted by molar-refractivity contribution is 7.89. The van der Waals surface area contributed by atoms with Gasteiger partial charge in [-0.05, 0) is 30.7 Å². The maximum absolute atomic E-state index is 12.7. The second-order valence-corrected chi connectivity index (χ2v) is 8.67. The first kappa shape index (κ1) is 21.5. The van der Waals surface area contributed by atoms with Crippen molar-refractivity contribution < 1.29 is 27.2 Å². The molecule has 1 aliphatic heterocycles. The Bertz CT molecular complexity index is 1010. The van der Waals surface area contributed by atoms with E-state index in [0.717, 1.165) is 4.31 Å². The maximum atomic E-state index is 12.7. The van der Waals surface area contributed by atoms with Crippen LogP contribution in [0, 0.1) is 0 Å². The fourth-order valence-electron chi connectivity index (χ4n) is 3.00. The van der Waals surface area contributed by atoms with Gasteiger partial charge < -0.3 is 9.73 Å². The van der Waals surface area contributed by atoms with E-state index in [1.807, 2.05) is 0 Å². The van der Waals surface area contributed by atoms with E-state index in [-0.39, 0.29) is 23.7 Å². The first-order chi connectivity index (χ1) is 14.3. The van der Waals surface area contributed by atoms with Crippen LogP contribution >= 0.6 is 0 Å². The highest BCUT2D eigenvalue weighted by Crippen LogP contribution is 2.16. The number of amides is 3. The average molecular weight is 434 g/mol. The number of rotatable bonds is 7. The number of hydrogen-bond acceptors (Lipinski definition) is 6. The molecule has 0 unspecified atom stereocenters. The molecule has 1 N–H and O–H groups in total. The Hall–Kier alpha value is -3.18. The lowest BCUT2D eigenvalue weighted by Gasteiger charge is -2.29. The second kappa shape index (κ2) is 9.09. The maximum Gasteiger partial charge on any atom is 0.287 e. The van der Waals surface area contributed by atoms with Crippen molar-refractivity contribution in [3.8, 4) is 0 Å². The summed E-state index contributed by atoms with van der Waals surface area (Å²) in [6, 6.07) is 10.8. The van der Waals surface area contributed by atoms with Crippen molar-refractivity contribution in [2.75, 3.05) is 33.2 Å². The summed E-state index contributed by atoms with van der Waals surface area (Å²) in [5.74, 6) is -1.47. The SMILES string of the molecule is CN(CC(=O)N1CCCN1C(=O)CNC(=O)c1ccco1)S(=O)(=O)c1ccccc1. The van der Waals surface area contributed by atoms with Gasteiger partial charge in [-0.1, -0.05) is 18.2 Å². The Balaban J connectivity index is 1.59. The monoisotopic (exact) mass is 434 g/mol. The van der Waals surface area contributed by atoms with E-state index >= 15 is 0 Å². The van der Waals surface area contributed by atoms with Gasteiger partial charge in [0.2, 0.25) is 10.0 Å². The number of sulfonamides is 1. The van der Waals surface area contributed by atoms with Crippen LogP contribution in [-0.4, -0.2) is 73.7 Å². The quantitative estimate of drug-likeness (QED) is 0.670. The van der Waals surface area contributed by atoms with Crippen molar-refractivity contribution in [3.63, 3.8) is 0 Å². The number of nitrogens with one attached hydrogen (secondary N) is 1. The largest absolute Gasteiger partial charge is 0.459 e. The zero-order valence-electron chi connectivity index (χ0n) is 16.4. The van der Waals surface area contributed by atoms with E-state index in [0.29, 0.717) is 13.0 Å². The van der Waals surface area contributed by atoms with Crippen LogP contribution in [0.2, 0.25) is 0 Å². The molecule has 0 radical (unpaired) electrons. The number of hydrazine groups is 1. The van der Waals surface area contributed by atoms with E-state index in [9.17, 15) is 22.8 Å². The molecule has 0 aliphatic carbocycles. The molecule has 1 saturated heterocycles. The van der Waals surface area contributed by atoms with Crippen LogP contribution in [0.1, 0.15) is 17.0 Å². The number of carbonyl (C=O) groups is 3. The molecule has 30 heavy (non-hydrogen) atoms. The Morgan fingerprint density at radius 1 is 1.03 bits per heavy atom. The minimum absolute atomic E-state index is 0.0740. The predicted molar refractivity (Wildman–Crippen MR) is 105 cm³/mol. The van der Waals surface area contributed by atoms with Gasteiger partial charge >= 0.3 is 0 Å². The van der Waals surface area contributed by atoms with Gasteiger partial charge in [0.1, 0.15) is 0 Å². The minimum Gasteiger partial charge on any atom is -0.459 e. The minimum atomic E-state index is -3.83.